The Kier molecular flexibility index (Phi) is 5.01. The molecule has 1 aromatic carbocycles. The van der Waals surface area contributed by atoms with Gasteiger partial charge in [-0.15, -0.1) is 0 Å². The van der Waals surface area contributed by atoms with Crippen molar-refractivity contribution in [1.29, 1.82) is 0 Å². The molecule has 1 aliphatic carbocycles. The van der Waals surface area contributed by atoms with Crippen molar-refractivity contribution in [3.05, 3.63) is 28.2 Å². The number of amides is 2. The van der Waals surface area contributed by atoms with Crippen LogP contribution in [0, 0.1) is 5.92 Å². The van der Waals surface area contributed by atoms with Crippen LogP contribution in [0.25, 0.3) is 0 Å². The topological polar surface area (TPSA) is 61.8 Å². The van der Waals surface area contributed by atoms with Gasteiger partial charge in [0, 0.05) is 30.6 Å². The molecule has 126 valence electrons. The second-order valence-corrected chi connectivity index (χ2v) is 7.02. The minimum Gasteiger partial charge on any atom is -0.393 e. The van der Waals surface area contributed by atoms with E-state index in [2.05, 4.69) is 5.32 Å². The number of likely N-dealkylation sites (tertiary alicyclic amines) is 1. The molecular weight excluding hydrogens is 339 g/mol. The van der Waals surface area contributed by atoms with Crippen LogP contribution in [0.5, 0.6) is 0 Å². The molecule has 1 saturated heterocycles. The second kappa shape index (κ2) is 6.85. The summed E-state index contributed by atoms with van der Waals surface area (Å²) in [6.07, 6.45) is 1.78. The third-order valence-corrected chi connectivity index (χ3v) is 5.41. The van der Waals surface area contributed by atoms with Gasteiger partial charge in [-0.25, -0.2) is 4.79 Å². The Balaban J connectivity index is 1.74. The summed E-state index contributed by atoms with van der Waals surface area (Å²) in [6.45, 7) is 0.472. The highest BCUT2D eigenvalue weighted by atomic mass is 35.5. The number of benzene rings is 1. The Morgan fingerprint density at radius 3 is 2.87 bits per heavy atom. The van der Waals surface area contributed by atoms with Crippen molar-refractivity contribution in [1.82, 2.24) is 4.90 Å². The van der Waals surface area contributed by atoms with Crippen molar-refractivity contribution in [3.8, 4) is 0 Å². The quantitative estimate of drug-likeness (QED) is 0.851. The summed E-state index contributed by atoms with van der Waals surface area (Å²) < 4.78 is 5.49. The Morgan fingerprint density at radius 1 is 1.39 bits per heavy atom. The van der Waals surface area contributed by atoms with E-state index in [9.17, 15) is 9.90 Å². The molecule has 0 aromatic heterocycles. The van der Waals surface area contributed by atoms with Crippen LogP contribution >= 0.6 is 23.2 Å². The maximum atomic E-state index is 12.7. The van der Waals surface area contributed by atoms with Crippen molar-refractivity contribution >= 4 is 34.9 Å². The Labute approximate surface area is 145 Å². The number of piperidine rings is 1. The zero-order chi connectivity index (χ0) is 16.6. The summed E-state index contributed by atoms with van der Waals surface area (Å²) in [6, 6.07) is 4.90. The van der Waals surface area contributed by atoms with Gasteiger partial charge in [0.2, 0.25) is 0 Å². The number of methoxy groups -OCH3 is 1. The molecule has 1 aromatic rings. The molecule has 2 fully saturated rings. The number of halogens is 2. The van der Waals surface area contributed by atoms with Gasteiger partial charge in [-0.2, -0.15) is 0 Å². The van der Waals surface area contributed by atoms with Crippen molar-refractivity contribution in [2.45, 2.75) is 37.5 Å². The summed E-state index contributed by atoms with van der Waals surface area (Å²) in [5.41, 5.74) is 0.535. The zero-order valence-electron chi connectivity index (χ0n) is 12.8. The smallest absolute Gasteiger partial charge is 0.322 e. The lowest BCUT2D eigenvalue weighted by Gasteiger charge is -2.48. The lowest BCUT2D eigenvalue weighted by Crippen LogP contribution is -2.58. The molecule has 0 unspecified atom stereocenters. The molecule has 2 bridgehead atoms. The number of carbonyl (C=O) groups excluding carboxylic acids is 1. The molecule has 3 rings (SSSR count). The number of nitrogens with zero attached hydrogens (tertiary/aromatic N) is 1. The monoisotopic (exact) mass is 358 g/mol. The summed E-state index contributed by atoms with van der Waals surface area (Å²) in [4.78, 5) is 14.4. The van der Waals surface area contributed by atoms with Gasteiger partial charge in [-0.3, -0.25) is 0 Å². The van der Waals surface area contributed by atoms with E-state index in [0.717, 1.165) is 12.8 Å². The molecule has 0 radical (unpaired) electrons. The Hall–Kier alpha value is -1.01. The molecule has 2 amide bonds. The number of aliphatic hydroxyl groups is 1. The molecule has 2 N–H and O–H groups in total. The van der Waals surface area contributed by atoms with Gasteiger partial charge in [-0.1, -0.05) is 23.2 Å². The molecular formula is C16H20Cl2N2O3. The van der Waals surface area contributed by atoms with Crippen LogP contribution < -0.4 is 5.32 Å². The maximum Gasteiger partial charge on any atom is 0.322 e. The van der Waals surface area contributed by atoms with Gasteiger partial charge in [0.05, 0.1) is 22.9 Å². The molecule has 1 heterocycles. The summed E-state index contributed by atoms with van der Waals surface area (Å²) in [5.74, 6) is 0.0990. The number of ether oxygens (including phenoxy) is 1. The highest BCUT2D eigenvalue weighted by molar-refractivity contribution is 6.36. The first-order valence-electron chi connectivity index (χ1n) is 7.73. The Bertz CT molecular complexity index is 599. The lowest BCUT2D eigenvalue weighted by molar-refractivity contribution is -0.0906. The maximum absolute atomic E-state index is 12.7. The van der Waals surface area contributed by atoms with Gasteiger partial charge < -0.3 is 20.1 Å². The predicted octanol–water partition coefficient (Wildman–Crippen LogP) is 3.39. The molecule has 5 nitrogen and oxygen atoms in total. The van der Waals surface area contributed by atoms with Gasteiger partial charge in [0.1, 0.15) is 0 Å². The summed E-state index contributed by atoms with van der Waals surface area (Å²) >= 11 is 12.0. The SMILES string of the molecule is CO[C@H]1CN(C(=O)Nc2ccc(Cl)cc2Cl)[C@H]2CC[C@@H](O)[C@@H]1C2. The highest BCUT2D eigenvalue weighted by Crippen LogP contribution is 2.37. The first-order chi connectivity index (χ1) is 11.0. The number of aliphatic hydroxyl groups excluding tert-OH is 1. The molecule has 0 spiro atoms. The van der Waals surface area contributed by atoms with Crippen LogP contribution in [0.15, 0.2) is 18.2 Å². The predicted molar refractivity (Wildman–Crippen MR) is 90.1 cm³/mol. The van der Waals surface area contributed by atoms with Crippen LogP contribution in [0.3, 0.4) is 0 Å². The van der Waals surface area contributed by atoms with Crippen LogP contribution in [0.2, 0.25) is 10.0 Å². The molecule has 7 heteroatoms. The minimum atomic E-state index is -0.341. The Morgan fingerprint density at radius 2 is 2.17 bits per heavy atom. The molecule has 4 atom stereocenters. The zero-order valence-corrected chi connectivity index (χ0v) is 14.3. The van der Waals surface area contributed by atoms with E-state index in [1.165, 1.54) is 0 Å². The van der Waals surface area contributed by atoms with Crippen molar-refractivity contribution in [2.75, 3.05) is 19.0 Å². The fourth-order valence-electron chi connectivity index (χ4n) is 3.60. The van der Waals surface area contributed by atoms with Crippen molar-refractivity contribution in [3.63, 3.8) is 0 Å². The highest BCUT2D eigenvalue weighted by Gasteiger charge is 2.44. The average Bonchev–Trinajstić information content (AvgIpc) is 2.53. The fraction of sp³-hybridized carbons (Fsp3) is 0.562. The number of anilines is 1. The standard InChI is InChI=1S/C16H20Cl2N2O3/c1-23-15-8-20(10-3-5-14(21)11(15)7-10)16(22)19-13-4-2-9(17)6-12(13)18/h2,4,6,10-11,14-15,21H,3,5,7-8H2,1H3,(H,19,22)/t10-,11-,14+,15-/m0/s1. The molecule has 23 heavy (non-hydrogen) atoms. The lowest BCUT2D eigenvalue weighted by atomic mass is 9.76. The number of hydrogen-bond donors (Lipinski definition) is 2. The summed E-state index contributed by atoms with van der Waals surface area (Å²) in [5, 5.41) is 13.9. The minimum absolute atomic E-state index is 0.0990. The van der Waals surface area contributed by atoms with Gasteiger partial charge >= 0.3 is 6.03 Å². The third-order valence-electron chi connectivity index (χ3n) is 4.87. The van der Waals surface area contributed by atoms with Crippen LogP contribution in [0.1, 0.15) is 19.3 Å². The van der Waals surface area contributed by atoms with E-state index >= 15 is 0 Å². The second-order valence-electron chi connectivity index (χ2n) is 6.18. The van der Waals surface area contributed by atoms with E-state index in [1.54, 1.807) is 30.2 Å². The number of hydrogen-bond acceptors (Lipinski definition) is 3. The average molecular weight is 359 g/mol. The van der Waals surface area contributed by atoms with E-state index in [0.29, 0.717) is 28.7 Å². The van der Waals surface area contributed by atoms with E-state index in [1.807, 2.05) is 0 Å². The first kappa shape index (κ1) is 16.8. The van der Waals surface area contributed by atoms with Gasteiger partial charge in [0.25, 0.3) is 0 Å². The number of urea groups is 1. The first-order valence-corrected chi connectivity index (χ1v) is 8.48. The summed E-state index contributed by atoms with van der Waals surface area (Å²) in [7, 11) is 1.62. The van der Waals surface area contributed by atoms with E-state index in [-0.39, 0.29) is 30.2 Å². The molecule has 1 aliphatic heterocycles. The largest absolute Gasteiger partial charge is 0.393 e. The van der Waals surface area contributed by atoms with Crippen LogP contribution in [-0.2, 0) is 4.74 Å². The number of carbonyl (C=O) groups is 1. The fourth-order valence-corrected chi connectivity index (χ4v) is 4.06. The van der Waals surface area contributed by atoms with Crippen molar-refractivity contribution in [2.24, 2.45) is 5.92 Å². The third kappa shape index (κ3) is 3.43. The molecule has 1 saturated carbocycles. The van der Waals surface area contributed by atoms with Crippen molar-refractivity contribution < 1.29 is 14.6 Å². The van der Waals surface area contributed by atoms with Crippen LogP contribution in [-0.4, -0.2) is 47.9 Å². The normalized spacial score (nSPS) is 30.2. The van der Waals surface area contributed by atoms with Gasteiger partial charge in [-0.05, 0) is 37.5 Å². The number of rotatable bonds is 2. The number of fused-ring (bicyclic) bond motifs is 2. The van der Waals surface area contributed by atoms with E-state index in [4.69, 9.17) is 27.9 Å². The van der Waals surface area contributed by atoms with E-state index < -0.39 is 0 Å². The molecule has 2 aliphatic rings. The van der Waals surface area contributed by atoms with Crippen LogP contribution in [0.4, 0.5) is 10.5 Å². The number of nitrogens with one attached hydrogen (secondary N) is 1. The van der Waals surface area contributed by atoms with Gasteiger partial charge in [0.15, 0.2) is 0 Å².